The van der Waals surface area contributed by atoms with Crippen LogP contribution < -0.4 is 5.32 Å². The number of aromatic nitrogens is 3. The van der Waals surface area contributed by atoms with Crippen molar-refractivity contribution < 1.29 is 24.3 Å². The molecule has 3 fully saturated rings. The van der Waals surface area contributed by atoms with E-state index >= 15 is 0 Å². The van der Waals surface area contributed by atoms with Gasteiger partial charge >= 0.3 is 0 Å². The Morgan fingerprint density at radius 3 is 2.84 bits per heavy atom. The maximum atomic E-state index is 13.5. The minimum Gasteiger partial charge on any atom is -0.483 e. The Hall–Kier alpha value is -3.50. The molecular formula is C21H26N6O5. The van der Waals surface area contributed by atoms with Crippen molar-refractivity contribution in [3.63, 3.8) is 0 Å². The van der Waals surface area contributed by atoms with E-state index in [0.717, 1.165) is 12.8 Å². The van der Waals surface area contributed by atoms with Crippen molar-refractivity contribution in [2.45, 2.75) is 44.7 Å². The van der Waals surface area contributed by atoms with Crippen molar-refractivity contribution in [1.82, 2.24) is 29.5 Å². The lowest BCUT2D eigenvalue weighted by molar-refractivity contribution is -0.148. The maximum Gasteiger partial charge on any atom is 0.290 e. The number of carboxylic acid groups (broad SMARTS) is 1. The molecule has 11 heteroatoms. The predicted molar refractivity (Wildman–Crippen MR) is 112 cm³/mol. The van der Waals surface area contributed by atoms with Crippen molar-refractivity contribution in [3.05, 3.63) is 30.4 Å². The summed E-state index contributed by atoms with van der Waals surface area (Å²) in [6, 6.07) is 1.67. The molecule has 170 valence electrons. The zero-order valence-electron chi connectivity index (χ0n) is 17.8. The molecule has 5 rings (SSSR count). The van der Waals surface area contributed by atoms with Gasteiger partial charge in [-0.2, -0.15) is 0 Å². The fourth-order valence-electron chi connectivity index (χ4n) is 5.44. The molecule has 5 heterocycles. The van der Waals surface area contributed by atoms with Crippen LogP contribution in [0.5, 0.6) is 0 Å². The second-order valence-corrected chi connectivity index (χ2v) is 8.31. The van der Waals surface area contributed by atoms with E-state index in [2.05, 4.69) is 15.3 Å². The molecule has 3 aliphatic rings. The Balaban J connectivity index is 0.000000775. The standard InChI is InChI=1S/C20H24N6O3.CH2O2/c1-2-20(18(29)24-9-7-21-16(27)12-24)10-13-4-5-15(20)26(13)17(28)14-11-25-8-3-6-22-19(25)23-14;2-1-3/h3,6,8,11,13,15H,2,4-5,7,9-10,12H2,1H3,(H,21,27);1H,(H,2,3)/t13-,15+,20+;/m1./s1. The second-order valence-electron chi connectivity index (χ2n) is 8.31. The van der Waals surface area contributed by atoms with Crippen LogP contribution in [0.4, 0.5) is 0 Å². The number of carbonyl (C=O) groups excluding carboxylic acids is 3. The minimum atomic E-state index is -0.617. The van der Waals surface area contributed by atoms with E-state index in [0.29, 0.717) is 37.4 Å². The smallest absolute Gasteiger partial charge is 0.290 e. The van der Waals surface area contributed by atoms with Gasteiger partial charge in [0, 0.05) is 43.8 Å². The molecule has 0 aromatic carbocycles. The lowest BCUT2D eigenvalue weighted by Crippen LogP contribution is -2.57. The topological polar surface area (TPSA) is 137 Å². The molecule has 2 N–H and O–H groups in total. The molecule has 2 bridgehead atoms. The largest absolute Gasteiger partial charge is 0.483 e. The number of imidazole rings is 1. The van der Waals surface area contributed by atoms with Crippen LogP contribution >= 0.6 is 0 Å². The number of hydrogen-bond donors (Lipinski definition) is 2. The van der Waals surface area contributed by atoms with Gasteiger partial charge in [0.1, 0.15) is 5.69 Å². The lowest BCUT2D eigenvalue weighted by Gasteiger charge is -2.40. The highest BCUT2D eigenvalue weighted by atomic mass is 16.3. The first-order valence-electron chi connectivity index (χ1n) is 10.7. The Bertz CT molecular complexity index is 1020. The molecule has 3 saturated heterocycles. The van der Waals surface area contributed by atoms with Gasteiger partial charge in [-0.25, -0.2) is 9.97 Å². The number of amides is 3. The van der Waals surface area contributed by atoms with E-state index in [4.69, 9.17) is 9.90 Å². The minimum absolute atomic E-state index is 0.0107. The molecule has 3 amide bonds. The molecule has 2 aromatic rings. The summed E-state index contributed by atoms with van der Waals surface area (Å²) in [4.78, 5) is 59.2. The molecule has 0 radical (unpaired) electrons. The zero-order chi connectivity index (χ0) is 22.9. The number of nitrogens with one attached hydrogen (secondary N) is 1. The third-order valence-corrected chi connectivity index (χ3v) is 6.81. The summed E-state index contributed by atoms with van der Waals surface area (Å²) in [5.41, 5.74) is -0.259. The van der Waals surface area contributed by atoms with Gasteiger partial charge in [-0.05, 0) is 31.7 Å². The van der Waals surface area contributed by atoms with Crippen LogP contribution in [-0.2, 0) is 14.4 Å². The second kappa shape index (κ2) is 8.56. The third kappa shape index (κ3) is 3.47. The van der Waals surface area contributed by atoms with Crippen LogP contribution in [0.2, 0.25) is 0 Å². The number of rotatable bonds is 3. The summed E-state index contributed by atoms with van der Waals surface area (Å²) < 4.78 is 1.73. The molecular weight excluding hydrogens is 416 g/mol. The summed E-state index contributed by atoms with van der Waals surface area (Å²) in [5.74, 6) is 0.239. The first-order chi connectivity index (χ1) is 15.4. The maximum absolute atomic E-state index is 13.5. The van der Waals surface area contributed by atoms with Crippen molar-refractivity contribution in [1.29, 1.82) is 0 Å². The molecule has 3 aliphatic heterocycles. The molecule has 11 nitrogen and oxygen atoms in total. The van der Waals surface area contributed by atoms with Crippen LogP contribution in [0.25, 0.3) is 5.78 Å². The average molecular weight is 442 g/mol. The van der Waals surface area contributed by atoms with E-state index in [1.54, 1.807) is 27.8 Å². The van der Waals surface area contributed by atoms with Gasteiger partial charge in [0.15, 0.2) is 0 Å². The molecule has 0 saturated carbocycles. The predicted octanol–water partition coefficient (Wildman–Crippen LogP) is 0.162. The van der Waals surface area contributed by atoms with Gasteiger partial charge in [0.25, 0.3) is 12.4 Å². The van der Waals surface area contributed by atoms with E-state index < -0.39 is 5.41 Å². The van der Waals surface area contributed by atoms with Crippen molar-refractivity contribution in [3.8, 4) is 0 Å². The number of hydrogen-bond acceptors (Lipinski definition) is 6. The van der Waals surface area contributed by atoms with Crippen LogP contribution in [0.3, 0.4) is 0 Å². The highest BCUT2D eigenvalue weighted by Crippen LogP contribution is 2.53. The number of fused-ring (bicyclic) bond motifs is 3. The highest BCUT2D eigenvalue weighted by molar-refractivity contribution is 5.96. The molecule has 32 heavy (non-hydrogen) atoms. The quantitative estimate of drug-likeness (QED) is 0.646. The average Bonchev–Trinajstić information content (AvgIpc) is 3.50. The zero-order valence-corrected chi connectivity index (χ0v) is 17.8. The fraction of sp³-hybridized carbons (Fsp3) is 0.524. The molecule has 0 unspecified atom stereocenters. The van der Waals surface area contributed by atoms with E-state index in [1.807, 2.05) is 18.0 Å². The fourth-order valence-corrected chi connectivity index (χ4v) is 5.44. The summed E-state index contributed by atoms with van der Waals surface area (Å²) in [6.45, 7) is 2.87. The van der Waals surface area contributed by atoms with Gasteiger partial charge < -0.3 is 20.2 Å². The molecule has 3 atom stereocenters. The van der Waals surface area contributed by atoms with Crippen molar-refractivity contribution in [2.24, 2.45) is 5.41 Å². The SMILES string of the molecule is CC[C@]1(C(=O)N2CCNC(=O)C2)C[C@H]2CC[C@@H]1N2C(=O)c1cn2cccnc2n1.O=CO. The first-order valence-corrected chi connectivity index (χ1v) is 10.7. The monoisotopic (exact) mass is 442 g/mol. The van der Waals surface area contributed by atoms with Crippen molar-refractivity contribution in [2.75, 3.05) is 19.6 Å². The Labute approximate surface area is 184 Å². The normalized spacial score (nSPS) is 26.5. The van der Waals surface area contributed by atoms with Gasteiger partial charge in [0.2, 0.25) is 17.6 Å². The Morgan fingerprint density at radius 2 is 2.16 bits per heavy atom. The lowest BCUT2D eigenvalue weighted by atomic mass is 9.70. The van der Waals surface area contributed by atoms with Crippen molar-refractivity contribution >= 4 is 30.0 Å². The van der Waals surface area contributed by atoms with Gasteiger partial charge in [-0.15, -0.1) is 0 Å². The summed E-state index contributed by atoms with van der Waals surface area (Å²) >= 11 is 0. The Morgan fingerprint density at radius 1 is 1.38 bits per heavy atom. The molecule has 0 spiro atoms. The third-order valence-electron chi connectivity index (χ3n) is 6.81. The van der Waals surface area contributed by atoms with E-state index in [-0.39, 0.29) is 42.8 Å². The van der Waals surface area contributed by atoms with Crippen LogP contribution in [-0.4, -0.2) is 85.2 Å². The van der Waals surface area contributed by atoms with Gasteiger partial charge in [0.05, 0.1) is 12.0 Å². The summed E-state index contributed by atoms with van der Waals surface area (Å²) in [6.07, 6.45) is 8.17. The number of piperazine rings is 1. The van der Waals surface area contributed by atoms with Crippen LogP contribution in [0, 0.1) is 5.41 Å². The summed E-state index contributed by atoms with van der Waals surface area (Å²) in [5, 5.41) is 9.66. The van der Waals surface area contributed by atoms with Crippen LogP contribution in [0.15, 0.2) is 24.7 Å². The van der Waals surface area contributed by atoms with Crippen LogP contribution in [0.1, 0.15) is 43.1 Å². The molecule has 0 aliphatic carbocycles. The van der Waals surface area contributed by atoms with Gasteiger partial charge in [-0.1, -0.05) is 6.92 Å². The number of carbonyl (C=O) groups is 4. The number of nitrogens with zero attached hydrogens (tertiary/aromatic N) is 5. The first kappa shape index (κ1) is 21.7. The van der Waals surface area contributed by atoms with E-state index in [1.165, 1.54) is 0 Å². The molecule has 2 aromatic heterocycles. The van der Waals surface area contributed by atoms with E-state index in [9.17, 15) is 14.4 Å². The Kier molecular flexibility index (Phi) is 5.81. The highest BCUT2D eigenvalue weighted by Gasteiger charge is 2.61. The van der Waals surface area contributed by atoms with Gasteiger partial charge in [-0.3, -0.25) is 23.6 Å². The summed E-state index contributed by atoms with van der Waals surface area (Å²) in [7, 11) is 0.